The lowest BCUT2D eigenvalue weighted by Crippen LogP contribution is -2.11. The van der Waals surface area contributed by atoms with Gasteiger partial charge in [-0.25, -0.2) is 0 Å². The van der Waals surface area contributed by atoms with Crippen LogP contribution in [-0.2, 0) is 0 Å². The van der Waals surface area contributed by atoms with Crippen molar-refractivity contribution in [3.8, 4) is 0 Å². The molecule has 1 spiro atoms. The first kappa shape index (κ1) is 20.1. The molecule has 4 rings (SSSR count). The Morgan fingerprint density at radius 2 is 1.50 bits per heavy atom. The molecule has 0 radical (unpaired) electrons. The smallest absolute Gasteiger partial charge is 0.0292 e. The highest BCUT2D eigenvalue weighted by Gasteiger charge is 2.42. The van der Waals surface area contributed by atoms with Crippen LogP contribution in [0.2, 0.25) is 0 Å². The molecule has 0 nitrogen and oxygen atoms in total. The third kappa shape index (κ3) is 6.57. The normalized spacial score (nSPS) is 37.8. The van der Waals surface area contributed by atoms with Gasteiger partial charge < -0.3 is 0 Å². The fraction of sp³-hybridized carbons (Fsp3) is 0.917. The van der Waals surface area contributed by atoms with Gasteiger partial charge in [0.25, 0.3) is 0 Å². The zero-order valence-corrected chi connectivity index (χ0v) is 17.2. The van der Waals surface area contributed by atoms with Crippen LogP contribution in [0.1, 0.15) is 111 Å². The van der Waals surface area contributed by atoms with E-state index in [4.69, 9.17) is 0 Å². The molecule has 0 heteroatoms. The maximum atomic E-state index is 3.90. The van der Waals surface area contributed by atoms with E-state index in [1.54, 1.807) is 25.7 Å². The van der Waals surface area contributed by atoms with Gasteiger partial charge in [0.2, 0.25) is 0 Å². The van der Waals surface area contributed by atoms with Crippen LogP contribution in [0.25, 0.3) is 0 Å². The number of hydrogen-bond acceptors (Lipinski definition) is 0. The van der Waals surface area contributed by atoms with E-state index in [-0.39, 0.29) is 0 Å². The number of rotatable bonds is 2. The summed E-state index contributed by atoms with van der Waals surface area (Å²) in [5.41, 5.74) is 2.28. The van der Waals surface area contributed by atoms with Crippen molar-refractivity contribution in [2.45, 2.75) is 111 Å². The molecule has 0 amide bonds. The summed E-state index contributed by atoms with van der Waals surface area (Å²) in [4.78, 5) is 0. The lowest BCUT2D eigenvalue weighted by molar-refractivity contribution is 0.282. The Balaban J connectivity index is 0.000000147. The molecule has 140 valence electrons. The number of allylic oxidation sites excluding steroid dienone is 1. The van der Waals surface area contributed by atoms with E-state index in [0.29, 0.717) is 0 Å². The highest BCUT2D eigenvalue weighted by atomic mass is 14.5. The summed E-state index contributed by atoms with van der Waals surface area (Å²) in [7, 11) is 0. The Morgan fingerprint density at radius 3 is 1.79 bits per heavy atom. The third-order valence-corrected chi connectivity index (χ3v) is 7.23. The Labute approximate surface area is 152 Å². The Kier molecular flexibility index (Phi) is 7.89. The van der Waals surface area contributed by atoms with Gasteiger partial charge in [-0.2, -0.15) is 0 Å². The summed E-state index contributed by atoms with van der Waals surface area (Å²) in [6.45, 7) is 13.3. The molecular formula is C24H44. The van der Waals surface area contributed by atoms with Crippen LogP contribution in [0.15, 0.2) is 12.2 Å². The summed E-state index contributed by atoms with van der Waals surface area (Å²) < 4.78 is 0. The average Bonchev–Trinajstić information content (AvgIpc) is 3.07. The van der Waals surface area contributed by atoms with Crippen molar-refractivity contribution in [1.29, 1.82) is 0 Å². The molecule has 4 unspecified atom stereocenters. The van der Waals surface area contributed by atoms with Gasteiger partial charge in [-0.1, -0.05) is 72.0 Å². The first-order valence-electron chi connectivity index (χ1n) is 11.1. The number of hydrogen-bond donors (Lipinski definition) is 0. The molecule has 0 bridgehead atoms. The Morgan fingerprint density at radius 1 is 0.833 bits per heavy atom. The topological polar surface area (TPSA) is 0 Å². The van der Waals surface area contributed by atoms with Crippen LogP contribution in [0.4, 0.5) is 0 Å². The molecule has 24 heavy (non-hydrogen) atoms. The first-order chi connectivity index (χ1) is 11.5. The lowest BCUT2D eigenvalue weighted by Gasteiger charge is -2.23. The molecular weight excluding hydrogens is 288 g/mol. The zero-order chi connectivity index (χ0) is 17.6. The van der Waals surface area contributed by atoms with Crippen molar-refractivity contribution in [3.05, 3.63) is 12.2 Å². The van der Waals surface area contributed by atoms with Gasteiger partial charge in [-0.15, -0.1) is 0 Å². The van der Waals surface area contributed by atoms with E-state index in [0.717, 1.165) is 29.1 Å². The molecule has 0 aliphatic heterocycles. The minimum atomic E-state index is 0.833. The van der Waals surface area contributed by atoms with Crippen LogP contribution in [0.3, 0.4) is 0 Å². The lowest BCUT2D eigenvalue weighted by atomic mass is 9.82. The maximum absolute atomic E-state index is 3.90. The van der Waals surface area contributed by atoms with Crippen LogP contribution < -0.4 is 0 Å². The Hall–Kier alpha value is -0.260. The summed E-state index contributed by atoms with van der Waals surface area (Å²) >= 11 is 0. The summed E-state index contributed by atoms with van der Waals surface area (Å²) in [6, 6.07) is 0. The van der Waals surface area contributed by atoms with Gasteiger partial charge in [0.15, 0.2) is 0 Å². The minimum Gasteiger partial charge on any atom is -0.0999 e. The monoisotopic (exact) mass is 332 g/mol. The van der Waals surface area contributed by atoms with E-state index in [1.165, 1.54) is 63.4 Å². The second-order valence-electron chi connectivity index (χ2n) is 9.81. The predicted molar refractivity (Wildman–Crippen MR) is 108 cm³/mol. The molecule has 4 atom stereocenters. The fourth-order valence-corrected chi connectivity index (χ4v) is 5.26. The van der Waals surface area contributed by atoms with E-state index in [2.05, 4.69) is 34.3 Å². The minimum absolute atomic E-state index is 0.833. The van der Waals surface area contributed by atoms with Crippen molar-refractivity contribution in [2.24, 2.45) is 29.1 Å². The van der Waals surface area contributed by atoms with Crippen molar-refractivity contribution < 1.29 is 0 Å². The van der Waals surface area contributed by atoms with Gasteiger partial charge in [-0.05, 0) is 80.5 Å². The van der Waals surface area contributed by atoms with Crippen molar-refractivity contribution in [1.82, 2.24) is 0 Å². The fourth-order valence-electron chi connectivity index (χ4n) is 5.26. The van der Waals surface area contributed by atoms with E-state index < -0.39 is 0 Å². The van der Waals surface area contributed by atoms with Gasteiger partial charge in [-0.3, -0.25) is 0 Å². The standard InChI is InChI=1S/C12H22.C7H12.C5H10/c1-3-11-5-7-12(9-11)6-4-10(2)8-12;1-6-3-4-7(2)5-6;1-2-5-3-4-5/h10-11H,3-9H2,1-2H3;7H,1,3-5H2,2H3;5H,2-4H2,1H3. The second-order valence-corrected chi connectivity index (χ2v) is 9.81. The molecule has 0 aromatic heterocycles. The second kappa shape index (κ2) is 9.44. The molecule has 0 heterocycles. The Bertz CT molecular complexity index is 377. The highest BCUT2D eigenvalue weighted by Crippen LogP contribution is 2.54. The zero-order valence-electron chi connectivity index (χ0n) is 17.2. The van der Waals surface area contributed by atoms with Gasteiger partial charge in [0.1, 0.15) is 0 Å². The quantitative estimate of drug-likeness (QED) is 0.447. The van der Waals surface area contributed by atoms with E-state index >= 15 is 0 Å². The summed E-state index contributed by atoms with van der Waals surface area (Å²) in [6.07, 6.45) is 19.0. The van der Waals surface area contributed by atoms with Crippen LogP contribution in [-0.4, -0.2) is 0 Å². The van der Waals surface area contributed by atoms with E-state index in [1.807, 2.05) is 0 Å². The maximum Gasteiger partial charge on any atom is -0.0292 e. The van der Waals surface area contributed by atoms with Crippen LogP contribution in [0.5, 0.6) is 0 Å². The highest BCUT2D eigenvalue weighted by molar-refractivity contribution is 5.00. The van der Waals surface area contributed by atoms with Crippen LogP contribution in [0, 0.1) is 29.1 Å². The first-order valence-corrected chi connectivity index (χ1v) is 11.1. The van der Waals surface area contributed by atoms with Crippen molar-refractivity contribution in [3.63, 3.8) is 0 Å². The SMILES string of the molecule is C=C1CCC(C)C1.CCC1CC1.CCC1CCC2(CCC(C)C2)C1. The average molecular weight is 333 g/mol. The van der Waals surface area contributed by atoms with Gasteiger partial charge >= 0.3 is 0 Å². The molecule has 4 fully saturated rings. The molecule has 4 saturated carbocycles. The molecule has 0 saturated heterocycles. The molecule has 4 aliphatic carbocycles. The summed E-state index contributed by atoms with van der Waals surface area (Å²) in [5, 5.41) is 0. The molecule has 0 N–H and O–H groups in total. The van der Waals surface area contributed by atoms with E-state index in [9.17, 15) is 0 Å². The van der Waals surface area contributed by atoms with Crippen LogP contribution >= 0.6 is 0 Å². The van der Waals surface area contributed by atoms with Gasteiger partial charge in [0, 0.05) is 0 Å². The molecule has 0 aromatic carbocycles. The van der Waals surface area contributed by atoms with Crippen molar-refractivity contribution in [2.75, 3.05) is 0 Å². The van der Waals surface area contributed by atoms with Gasteiger partial charge in [0.05, 0.1) is 0 Å². The van der Waals surface area contributed by atoms with Crippen molar-refractivity contribution >= 4 is 0 Å². The largest absolute Gasteiger partial charge is 0.0999 e. The summed E-state index contributed by atoms with van der Waals surface area (Å²) in [5.74, 6) is 4.17. The molecule has 0 aromatic rings. The molecule has 4 aliphatic rings. The third-order valence-electron chi connectivity index (χ3n) is 7.23. The predicted octanol–water partition coefficient (Wildman–Crippen LogP) is 8.17.